The third kappa shape index (κ3) is 2.81. The van der Waals surface area contributed by atoms with Crippen molar-refractivity contribution in [2.45, 2.75) is 18.3 Å². The minimum absolute atomic E-state index is 0.0430. The summed E-state index contributed by atoms with van der Waals surface area (Å²) in [6.07, 6.45) is -2.01. The van der Waals surface area contributed by atoms with E-state index < -0.39 is 24.4 Å². The van der Waals surface area contributed by atoms with E-state index in [1.54, 1.807) is 6.07 Å². The average molecular weight is 342 g/mol. The standard InChI is InChI=1S/C17H14N2O6/c1-23-16-12(6-8-4-2-3-5-9(8)18-16)24-17(22)19-10-7-11(20)14-15(25-14)13(10)21/h2-7,13-15,21H,1H3,(H,19,22). The van der Waals surface area contributed by atoms with Crippen molar-refractivity contribution >= 4 is 22.8 Å². The largest absolute Gasteiger partial charge is 0.478 e. The van der Waals surface area contributed by atoms with E-state index >= 15 is 0 Å². The van der Waals surface area contributed by atoms with Gasteiger partial charge in [0.1, 0.15) is 18.3 Å². The zero-order chi connectivity index (χ0) is 17.6. The second-order valence-electron chi connectivity index (χ2n) is 5.67. The quantitative estimate of drug-likeness (QED) is 0.798. The van der Waals surface area contributed by atoms with E-state index in [-0.39, 0.29) is 23.1 Å². The van der Waals surface area contributed by atoms with Gasteiger partial charge in [-0.05, 0) is 12.1 Å². The molecule has 0 radical (unpaired) electrons. The van der Waals surface area contributed by atoms with Crippen LogP contribution in [0, 0.1) is 0 Å². The molecule has 4 rings (SSSR count). The van der Waals surface area contributed by atoms with Gasteiger partial charge in [0, 0.05) is 11.5 Å². The smallest absolute Gasteiger partial charge is 0.417 e. The molecule has 1 aromatic heterocycles. The fraction of sp³-hybridized carbons (Fsp3) is 0.235. The zero-order valence-corrected chi connectivity index (χ0v) is 13.1. The van der Waals surface area contributed by atoms with Gasteiger partial charge in [-0.3, -0.25) is 10.1 Å². The van der Waals surface area contributed by atoms with Gasteiger partial charge < -0.3 is 19.3 Å². The lowest BCUT2D eigenvalue weighted by molar-refractivity contribution is -0.116. The number of amides is 1. The molecule has 0 spiro atoms. The number of nitrogens with zero attached hydrogens (tertiary/aromatic N) is 1. The molecule has 8 nitrogen and oxygen atoms in total. The molecule has 128 valence electrons. The molecule has 1 amide bonds. The number of aromatic nitrogens is 1. The van der Waals surface area contributed by atoms with E-state index in [9.17, 15) is 14.7 Å². The highest BCUT2D eigenvalue weighted by Crippen LogP contribution is 2.34. The molecule has 0 bridgehead atoms. The van der Waals surface area contributed by atoms with Crippen molar-refractivity contribution < 1.29 is 28.9 Å². The van der Waals surface area contributed by atoms with Crippen LogP contribution in [0.4, 0.5) is 4.79 Å². The van der Waals surface area contributed by atoms with Crippen LogP contribution in [0.2, 0.25) is 0 Å². The van der Waals surface area contributed by atoms with Gasteiger partial charge >= 0.3 is 6.09 Å². The Labute approximate surface area is 142 Å². The number of ketones is 1. The molecule has 1 aromatic carbocycles. The van der Waals surface area contributed by atoms with Gasteiger partial charge in [0.15, 0.2) is 11.5 Å². The number of epoxide rings is 1. The summed E-state index contributed by atoms with van der Waals surface area (Å²) < 4.78 is 15.4. The molecule has 1 aliphatic heterocycles. The number of aliphatic hydroxyl groups is 1. The third-order valence-electron chi connectivity index (χ3n) is 4.03. The fourth-order valence-corrected chi connectivity index (χ4v) is 2.74. The Bertz CT molecular complexity index is 909. The maximum Gasteiger partial charge on any atom is 0.417 e. The van der Waals surface area contributed by atoms with Crippen molar-refractivity contribution in [3.63, 3.8) is 0 Å². The summed E-state index contributed by atoms with van der Waals surface area (Å²) in [6, 6.07) is 8.92. The molecular formula is C17H14N2O6. The Morgan fingerprint density at radius 1 is 1.36 bits per heavy atom. The van der Waals surface area contributed by atoms with Crippen LogP contribution in [0.25, 0.3) is 10.9 Å². The Kier molecular flexibility index (Phi) is 3.63. The van der Waals surface area contributed by atoms with Crippen LogP contribution in [0.15, 0.2) is 42.1 Å². The van der Waals surface area contributed by atoms with Crippen LogP contribution in [0.1, 0.15) is 0 Å². The summed E-state index contributed by atoms with van der Waals surface area (Å²) in [5.41, 5.74) is 0.738. The molecule has 0 saturated carbocycles. The SMILES string of the molecule is COc1nc2ccccc2cc1OC(=O)NC1=CC(=O)C2OC2C1O. The number of aliphatic hydroxyl groups excluding tert-OH is 1. The molecule has 8 heteroatoms. The summed E-state index contributed by atoms with van der Waals surface area (Å²) in [5, 5.41) is 13.1. The molecule has 2 aliphatic rings. The molecule has 2 aromatic rings. The highest BCUT2D eigenvalue weighted by molar-refractivity contribution is 5.98. The predicted octanol–water partition coefficient (Wildman–Crippen LogP) is 0.927. The molecule has 1 fully saturated rings. The van der Waals surface area contributed by atoms with E-state index in [1.165, 1.54) is 7.11 Å². The van der Waals surface area contributed by atoms with E-state index in [0.717, 1.165) is 11.5 Å². The molecule has 2 heterocycles. The molecule has 25 heavy (non-hydrogen) atoms. The first-order chi connectivity index (χ1) is 12.1. The second kappa shape index (κ2) is 5.83. The topological polar surface area (TPSA) is 110 Å². The number of hydrogen-bond acceptors (Lipinski definition) is 7. The summed E-state index contributed by atoms with van der Waals surface area (Å²) in [4.78, 5) is 28.1. The Hall–Kier alpha value is -2.97. The van der Waals surface area contributed by atoms with Gasteiger partial charge in [0.25, 0.3) is 5.88 Å². The Balaban J connectivity index is 1.54. The number of fused-ring (bicyclic) bond motifs is 2. The van der Waals surface area contributed by atoms with Gasteiger partial charge in [0.05, 0.1) is 18.3 Å². The van der Waals surface area contributed by atoms with Crippen LogP contribution < -0.4 is 14.8 Å². The minimum Gasteiger partial charge on any atom is -0.478 e. The molecule has 1 aliphatic carbocycles. The number of methoxy groups -OCH3 is 1. The van der Waals surface area contributed by atoms with Crippen LogP contribution in [0.5, 0.6) is 11.6 Å². The maximum absolute atomic E-state index is 12.1. The fourth-order valence-electron chi connectivity index (χ4n) is 2.74. The summed E-state index contributed by atoms with van der Waals surface area (Å²) >= 11 is 0. The number of benzene rings is 1. The number of carbonyl (C=O) groups is 2. The van der Waals surface area contributed by atoms with Crippen LogP contribution in [-0.2, 0) is 9.53 Å². The Morgan fingerprint density at radius 2 is 2.16 bits per heavy atom. The van der Waals surface area contributed by atoms with Crippen molar-refractivity contribution in [3.8, 4) is 11.6 Å². The predicted molar refractivity (Wildman–Crippen MR) is 85.2 cm³/mol. The highest BCUT2D eigenvalue weighted by atomic mass is 16.6. The molecular weight excluding hydrogens is 328 g/mol. The average Bonchev–Trinajstić information content (AvgIpc) is 3.40. The lowest BCUT2D eigenvalue weighted by Gasteiger charge is -2.17. The lowest BCUT2D eigenvalue weighted by Crippen LogP contribution is -2.38. The monoisotopic (exact) mass is 342 g/mol. The van der Waals surface area contributed by atoms with Crippen molar-refractivity contribution in [3.05, 3.63) is 42.1 Å². The first-order valence-electron chi connectivity index (χ1n) is 7.58. The van der Waals surface area contributed by atoms with Gasteiger partial charge in [-0.2, -0.15) is 0 Å². The van der Waals surface area contributed by atoms with Crippen LogP contribution >= 0.6 is 0 Å². The van der Waals surface area contributed by atoms with E-state index in [1.807, 2.05) is 24.3 Å². The second-order valence-corrected chi connectivity index (χ2v) is 5.67. The molecule has 2 N–H and O–H groups in total. The van der Waals surface area contributed by atoms with Gasteiger partial charge in [-0.25, -0.2) is 9.78 Å². The van der Waals surface area contributed by atoms with E-state index in [0.29, 0.717) is 5.52 Å². The number of carbonyl (C=O) groups excluding carboxylic acids is 2. The third-order valence-corrected chi connectivity index (χ3v) is 4.03. The molecule has 1 saturated heterocycles. The zero-order valence-electron chi connectivity index (χ0n) is 13.1. The minimum atomic E-state index is -1.08. The van der Waals surface area contributed by atoms with Gasteiger partial charge in [0.2, 0.25) is 0 Å². The molecule has 3 unspecified atom stereocenters. The summed E-state index contributed by atoms with van der Waals surface area (Å²) in [7, 11) is 1.42. The van der Waals surface area contributed by atoms with Crippen molar-refractivity contribution in [1.82, 2.24) is 10.3 Å². The van der Waals surface area contributed by atoms with Gasteiger partial charge in [-0.1, -0.05) is 18.2 Å². The number of para-hydroxylation sites is 1. The first-order valence-corrected chi connectivity index (χ1v) is 7.58. The highest BCUT2D eigenvalue weighted by Gasteiger charge is 2.53. The normalized spacial score (nSPS) is 24.3. The van der Waals surface area contributed by atoms with E-state index in [2.05, 4.69) is 10.3 Å². The number of rotatable bonds is 3. The van der Waals surface area contributed by atoms with Crippen LogP contribution in [-0.4, -0.2) is 47.4 Å². The number of nitrogens with one attached hydrogen (secondary N) is 1. The van der Waals surface area contributed by atoms with Crippen LogP contribution in [0.3, 0.4) is 0 Å². The van der Waals surface area contributed by atoms with Gasteiger partial charge in [-0.15, -0.1) is 0 Å². The number of ether oxygens (including phenoxy) is 3. The lowest BCUT2D eigenvalue weighted by atomic mass is 10.0. The first kappa shape index (κ1) is 15.6. The van der Waals surface area contributed by atoms with Crippen molar-refractivity contribution in [1.29, 1.82) is 0 Å². The number of hydrogen-bond donors (Lipinski definition) is 2. The summed E-state index contributed by atoms with van der Waals surface area (Å²) in [6.45, 7) is 0. The summed E-state index contributed by atoms with van der Waals surface area (Å²) in [5.74, 6) is -0.0271. The maximum atomic E-state index is 12.1. The Morgan fingerprint density at radius 3 is 2.96 bits per heavy atom. The van der Waals surface area contributed by atoms with Crippen molar-refractivity contribution in [2.75, 3.05) is 7.11 Å². The van der Waals surface area contributed by atoms with Crippen molar-refractivity contribution in [2.24, 2.45) is 0 Å². The number of pyridine rings is 1. The molecule has 3 atom stereocenters. The van der Waals surface area contributed by atoms with E-state index in [4.69, 9.17) is 14.2 Å².